The van der Waals surface area contributed by atoms with Crippen molar-refractivity contribution in [2.75, 3.05) is 7.05 Å². The fourth-order valence-electron chi connectivity index (χ4n) is 0.581. The van der Waals surface area contributed by atoms with Gasteiger partial charge in [0.15, 0.2) is 5.75 Å². The lowest BCUT2D eigenvalue weighted by Gasteiger charge is -2.01. The highest BCUT2D eigenvalue weighted by molar-refractivity contribution is 9.10. The molecule has 12 heavy (non-hydrogen) atoms. The van der Waals surface area contributed by atoms with Gasteiger partial charge in [0.2, 0.25) is 0 Å². The first kappa shape index (κ1) is 8.99. The summed E-state index contributed by atoms with van der Waals surface area (Å²) >= 11 is 3.16. The monoisotopic (exact) mass is 230 g/mol. The van der Waals surface area contributed by atoms with E-state index in [-0.39, 0.29) is 0 Å². The number of pyridine rings is 1. The van der Waals surface area contributed by atoms with E-state index in [1.807, 2.05) is 0 Å². The van der Waals surface area contributed by atoms with Gasteiger partial charge in [0.25, 0.3) is 0 Å². The number of nitrogens with zero attached hydrogens (tertiary/aromatic N) is 1. The lowest BCUT2D eigenvalue weighted by Crippen LogP contribution is -2.22. The Morgan fingerprint density at radius 1 is 1.67 bits per heavy atom. The van der Waals surface area contributed by atoms with Crippen LogP contribution in [-0.4, -0.2) is 18.1 Å². The summed E-state index contributed by atoms with van der Waals surface area (Å²) in [5, 5.41) is 2.33. The van der Waals surface area contributed by atoms with Crippen molar-refractivity contribution >= 4 is 22.0 Å². The predicted molar refractivity (Wildman–Crippen MR) is 47.0 cm³/mol. The van der Waals surface area contributed by atoms with Gasteiger partial charge in [0, 0.05) is 7.05 Å². The van der Waals surface area contributed by atoms with Crippen LogP contribution < -0.4 is 10.1 Å². The molecule has 0 saturated heterocycles. The standard InChI is InChI=1S/C7H7BrN2O2/c1-9-7(11)12-5-2-3-6(8)10-4-5/h2-4H,1H3,(H,9,11). The van der Waals surface area contributed by atoms with Crippen molar-refractivity contribution in [1.82, 2.24) is 10.3 Å². The zero-order valence-electron chi connectivity index (χ0n) is 6.37. The predicted octanol–water partition coefficient (Wildman–Crippen LogP) is 1.56. The molecule has 0 spiro atoms. The van der Waals surface area contributed by atoms with Crippen LogP contribution in [0.15, 0.2) is 22.9 Å². The van der Waals surface area contributed by atoms with Crippen molar-refractivity contribution in [3.05, 3.63) is 22.9 Å². The molecule has 0 saturated carbocycles. The lowest BCUT2D eigenvalue weighted by molar-refractivity contribution is 0.203. The van der Waals surface area contributed by atoms with E-state index in [1.54, 1.807) is 12.1 Å². The average molecular weight is 231 g/mol. The summed E-state index contributed by atoms with van der Waals surface area (Å²) in [4.78, 5) is 14.6. The minimum absolute atomic E-state index is 0.414. The van der Waals surface area contributed by atoms with Gasteiger partial charge in [-0.15, -0.1) is 0 Å². The topological polar surface area (TPSA) is 51.2 Å². The molecular weight excluding hydrogens is 224 g/mol. The molecule has 0 aliphatic carbocycles. The highest BCUT2D eigenvalue weighted by atomic mass is 79.9. The molecule has 0 atom stereocenters. The molecule has 0 aromatic carbocycles. The van der Waals surface area contributed by atoms with Gasteiger partial charge in [0.05, 0.1) is 6.20 Å². The molecule has 0 unspecified atom stereocenters. The van der Waals surface area contributed by atoms with Gasteiger partial charge in [-0.3, -0.25) is 0 Å². The summed E-state index contributed by atoms with van der Waals surface area (Å²) in [6.45, 7) is 0. The molecule has 1 N–H and O–H groups in total. The molecule has 0 radical (unpaired) electrons. The molecule has 64 valence electrons. The number of amides is 1. The van der Waals surface area contributed by atoms with Crippen LogP contribution in [0.1, 0.15) is 0 Å². The zero-order chi connectivity index (χ0) is 8.97. The molecule has 1 rings (SSSR count). The first-order valence-electron chi connectivity index (χ1n) is 3.23. The van der Waals surface area contributed by atoms with Crippen molar-refractivity contribution in [3.8, 4) is 5.75 Å². The number of hydrogen-bond donors (Lipinski definition) is 1. The zero-order valence-corrected chi connectivity index (χ0v) is 7.96. The van der Waals surface area contributed by atoms with Crippen molar-refractivity contribution in [3.63, 3.8) is 0 Å². The molecule has 1 aromatic rings. The molecular formula is C7H7BrN2O2. The minimum Gasteiger partial charge on any atom is -0.409 e. The normalized spacial score (nSPS) is 9.17. The summed E-state index contributed by atoms with van der Waals surface area (Å²) in [6.07, 6.45) is 0.957. The SMILES string of the molecule is CNC(=O)Oc1ccc(Br)nc1. The summed E-state index contributed by atoms with van der Waals surface area (Å²) in [5.74, 6) is 0.414. The van der Waals surface area contributed by atoms with Crippen molar-refractivity contribution in [2.45, 2.75) is 0 Å². The molecule has 4 nitrogen and oxygen atoms in total. The largest absolute Gasteiger partial charge is 0.412 e. The van der Waals surface area contributed by atoms with Crippen LogP contribution in [0.3, 0.4) is 0 Å². The number of rotatable bonds is 1. The van der Waals surface area contributed by atoms with Crippen LogP contribution in [0.4, 0.5) is 4.79 Å². The quantitative estimate of drug-likeness (QED) is 0.746. The van der Waals surface area contributed by atoms with E-state index in [1.165, 1.54) is 13.2 Å². The Balaban J connectivity index is 2.64. The smallest absolute Gasteiger partial charge is 0.409 e. The van der Waals surface area contributed by atoms with Crippen LogP contribution in [0.25, 0.3) is 0 Å². The van der Waals surface area contributed by atoms with E-state index in [2.05, 4.69) is 26.2 Å². The Labute approximate surface area is 78.1 Å². The molecule has 1 heterocycles. The van der Waals surface area contributed by atoms with E-state index in [9.17, 15) is 4.79 Å². The van der Waals surface area contributed by atoms with Gasteiger partial charge in [-0.25, -0.2) is 9.78 Å². The van der Waals surface area contributed by atoms with Gasteiger partial charge >= 0.3 is 6.09 Å². The van der Waals surface area contributed by atoms with Crippen molar-refractivity contribution < 1.29 is 9.53 Å². The van der Waals surface area contributed by atoms with E-state index < -0.39 is 6.09 Å². The van der Waals surface area contributed by atoms with E-state index in [4.69, 9.17) is 4.74 Å². The van der Waals surface area contributed by atoms with Crippen LogP contribution in [0.2, 0.25) is 0 Å². The minimum atomic E-state index is -0.501. The number of aromatic nitrogens is 1. The molecule has 1 amide bonds. The maximum Gasteiger partial charge on any atom is 0.412 e. The van der Waals surface area contributed by atoms with Crippen molar-refractivity contribution in [2.24, 2.45) is 0 Å². The summed E-state index contributed by atoms with van der Waals surface area (Å²) in [6, 6.07) is 3.34. The number of ether oxygens (including phenoxy) is 1. The first-order valence-corrected chi connectivity index (χ1v) is 4.03. The number of nitrogens with one attached hydrogen (secondary N) is 1. The van der Waals surface area contributed by atoms with Gasteiger partial charge in [0.1, 0.15) is 4.60 Å². The summed E-state index contributed by atoms with van der Waals surface area (Å²) in [7, 11) is 1.49. The highest BCUT2D eigenvalue weighted by Crippen LogP contribution is 2.12. The number of carbonyl (C=O) groups excluding carboxylic acids is 1. The van der Waals surface area contributed by atoms with Crippen LogP contribution in [0, 0.1) is 0 Å². The lowest BCUT2D eigenvalue weighted by atomic mass is 10.5. The van der Waals surface area contributed by atoms with E-state index in [0.717, 1.165) is 0 Å². The first-order chi connectivity index (χ1) is 5.72. The Morgan fingerprint density at radius 2 is 2.42 bits per heavy atom. The Morgan fingerprint density at radius 3 is 2.92 bits per heavy atom. The molecule has 0 bridgehead atoms. The summed E-state index contributed by atoms with van der Waals surface area (Å²) < 4.78 is 5.49. The maximum absolute atomic E-state index is 10.7. The number of carbonyl (C=O) groups is 1. The summed E-state index contributed by atoms with van der Waals surface area (Å²) in [5.41, 5.74) is 0. The number of hydrogen-bond acceptors (Lipinski definition) is 3. The van der Waals surface area contributed by atoms with Crippen molar-refractivity contribution in [1.29, 1.82) is 0 Å². The average Bonchev–Trinajstić information content (AvgIpc) is 2.09. The van der Waals surface area contributed by atoms with E-state index >= 15 is 0 Å². The highest BCUT2D eigenvalue weighted by Gasteiger charge is 2.00. The van der Waals surface area contributed by atoms with Crippen LogP contribution in [0.5, 0.6) is 5.75 Å². The van der Waals surface area contributed by atoms with Crippen LogP contribution in [-0.2, 0) is 0 Å². The molecule has 1 aromatic heterocycles. The maximum atomic E-state index is 10.7. The fourth-order valence-corrected chi connectivity index (χ4v) is 0.815. The molecule has 0 aliphatic rings. The molecule has 0 aliphatic heterocycles. The third kappa shape index (κ3) is 2.50. The van der Waals surface area contributed by atoms with Gasteiger partial charge in [-0.05, 0) is 28.1 Å². The fraction of sp³-hybridized carbons (Fsp3) is 0.143. The molecule has 0 fully saturated rings. The van der Waals surface area contributed by atoms with Gasteiger partial charge in [-0.1, -0.05) is 0 Å². The second-order valence-corrected chi connectivity index (χ2v) is 2.77. The second-order valence-electron chi connectivity index (χ2n) is 1.96. The third-order valence-electron chi connectivity index (χ3n) is 1.11. The second kappa shape index (κ2) is 4.06. The Kier molecular flexibility index (Phi) is 3.04. The van der Waals surface area contributed by atoms with E-state index in [0.29, 0.717) is 10.4 Å². The Bertz CT molecular complexity index is 273. The van der Waals surface area contributed by atoms with Crippen LogP contribution >= 0.6 is 15.9 Å². The van der Waals surface area contributed by atoms with Gasteiger partial charge in [-0.2, -0.15) is 0 Å². The van der Waals surface area contributed by atoms with Gasteiger partial charge < -0.3 is 10.1 Å². The Hall–Kier alpha value is -1.10. The number of halogens is 1. The molecule has 5 heteroatoms. The third-order valence-corrected chi connectivity index (χ3v) is 1.58.